The fraction of sp³-hybridized carbons (Fsp3) is 0.368. The topological polar surface area (TPSA) is 125 Å². The minimum absolute atomic E-state index is 0.117. The van der Waals surface area contributed by atoms with Gasteiger partial charge in [0.25, 0.3) is 11.8 Å². The molecule has 0 radical (unpaired) electrons. The number of piperazine rings is 1. The molecular weight excluding hydrogens is 358 g/mol. The number of pyridine rings is 2. The van der Waals surface area contributed by atoms with Crippen LogP contribution in [0.2, 0.25) is 0 Å². The van der Waals surface area contributed by atoms with E-state index in [4.69, 9.17) is 5.73 Å². The highest BCUT2D eigenvalue weighted by Gasteiger charge is 2.28. The van der Waals surface area contributed by atoms with Gasteiger partial charge in [-0.3, -0.25) is 9.59 Å². The van der Waals surface area contributed by atoms with Gasteiger partial charge in [0.05, 0.1) is 29.3 Å². The second-order valence-electron chi connectivity index (χ2n) is 6.18. The number of primary amides is 1. The zero-order valence-corrected chi connectivity index (χ0v) is 16.1. The predicted octanol–water partition coefficient (Wildman–Crippen LogP) is 0.998. The van der Waals surface area contributed by atoms with E-state index in [9.17, 15) is 9.59 Å². The number of hydrogen-bond acceptors (Lipinski definition) is 7. The first kappa shape index (κ1) is 19.6. The molecule has 4 heterocycles. The first-order chi connectivity index (χ1) is 13.6. The van der Waals surface area contributed by atoms with E-state index in [-0.39, 0.29) is 18.1 Å². The summed E-state index contributed by atoms with van der Waals surface area (Å²) in [4.78, 5) is 34.4. The smallest absolute Gasteiger partial charge is 0.267 e. The number of rotatable bonds is 4. The number of aromatic nitrogens is 2. The molecule has 0 bridgehead atoms. The van der Waals surface area contributed by atoms with Gasteiger partial charge in [-0.2, -0.15) is 0 Å². The summed E-state index contributed by atoms with van der Waals surface area (Å²) in [5.41, 5.74) is 7.93. The van der Waals surface area contributed by atoms with E-state index in [1.807, 2.05) is 26.0 Å². The molecule has 9 nitrogen and oxygen atoms in total. The Balaban J connectivity index is 0.00000109. The molecule has 2 aliphatic rings. The molecular formula is C19H25N7O2. The summed E-state index contributed by atoms with van der Waals surface area (Å²) < 4.78 is 0. The molecule has 28 heavy (non-hydrogen) atoms. The Morgan fingerprint density at radius 3 is 2.57 bits per heavy atom. The molecule has 1 saturated heterocycles. The minimum Gasteiger partial charge on any atom is -0.368 e. The van der Waals surface area contributed by atoms with Crippen molar-refractivity contribution >= 4 is 29.0 Å². The van der Waals surface area contributed by atoms with Crippen LogP contribution in [0.1, 0.15) is 40.3 Å². The molecule has 1 fully saturated rings. The number of fused-ring (bicyclic) bond motifs is 1. The monoisotopic (exact) mass is 383 g/mol. The van der Waals surface area contributed by atoms with E-state index in [1.54, 1.807) is 6.20 Å². The number of anilines is 3. The Bertz CT molecular complexity index is 861. The lowest BCUT2D eigenvalue weighted by atomic mass is 10.1. The maximum Gasteiger partial charge on any atom is 0.267 e. The average molecular weight is 383 g/mol. The van der Waals surface area contributed by atoms with Crippen LogP contribution in [0.3, 0.4) is 0 Å². The maximum absolute atomic E-state index is 12.1. The van der Waals surface area contributed by atoms with Gasteiger partial charge in [0.15, 0.2) is 0 Å². The summed E-state index contributed by atoms with van der Waals surface area (Å²) in [6.07, 6.45) is 3.24. The van der Waals surface area contributed by atoms with Gasteiger partial charge in [-0.1, -0.05) is 13.8 Å². The first-order valence-corrected chi connectivity index (χ1v) is 9.42. The fourth-order valence-electron chi connectivity index (χ4n) is 3.26. The van der Waals surface area contributed by atoms with Crippen molar-refractivity contribution in [1.82, 2.24) is 20.6 Å². The molecule has 2 aromatic rings. The van der Waals surface area contributed by atoms with E-state index in [1.165, 1.54) is 6.20 Å². The quantitative estimate of drug-likeness (QED) is 0.620. The number of nitrogens with one attached hydrogen (secondary N) is 3. The fourth-order valence-corrected chi connectivity index (χ4v) is 3.26. The summed E-state index contributed by atoms with van der Waals surface area (Å²) in [6.45, 7) is 8.05. The zero-order valence-electron chi connectivity index (χ0n) is 16.1. The number of nitrogens with zero attached hydrogens (tertiary/aromatic N) is 3. The van der Waals surface area contributed by atoms with Gasteiger partial charge in [0, 0.05) is 38.3 Å². The van der Waals surface area contributed by atoms with Gasteiger partial charge >= 0.3 is 0 Å². The molecule has 4 rings (SSSR count). The molecule has 5 N–H and O–H groups in total. The third-order valence-electron chi connectivity index (χ3n) is 4.56. The number of amides is 2. The van der Waals surface area contributed by atoms with Gasteiger partial charge in [0.1, 0.15) is 11.5 Å². The van der Waals surface area contributed by atoms with E-state index < -0.39 is 5.91 Å². The minimum atomic E-state index is -0.650. The van der Waals surface area contributed by atoms with Gasteiger partial charge < -0.3 is 26.6 Å². The Hall–Kier alpha value is -3.20. The van der Waals surface area contributed by atoms with Crippen LogP contribution < -0.4 is 26.6 Å². The SMILES string of the molecule is CC.NC(=O)c1ncc(Nc2ccc(N3CCNCC3)cn2)c2c1CNC2=O. The Morgan fingerprint density at radius 1 is 1.18 bits per heavy atom. The predicted molar refractivity (Wildman–Crippen MR) is 108 cm³/mol. The Morgan fingerprint density at radius 2 is 1.93 bits per heavy atom. The number of nitrogens with two attached hydrogens (primary N) is 1. The van der Waals surface area contributed by atoms with Crippen LogP contribution in [0.4, 0.5) is 17.2 Å². The van der Waals surface area contributed by atoms with Crippen LogP contribution in [-0.2, 0) is 6.54 Å². The summed E-state index contributed by atoms with van der Waals surface area (Å²) in [5.74, 6) is -0.313. The Labute approximate surface area is 163 Å². The van der Waals surface area contributed by atoms with E-state index in [2.05, 4.69) is 30.8 Å². The lowest BCUT2D eigenvalue weighted by Crippen LogP contribution is -2.43. The molecule has 2 aromatic heterocycles. The van der Waals surface area contributed by atoms with Crippen molar-refractivity contribution in [2.24, 2.45) is 5.73 Å². The second-order valence-corrected chi connectivity index (χ2v) is 6.18. The lowest BCUT2D eigenvalue weighted by Gasteiger charge is -2.29. The van der Waals surface area contributed by atoms with Crippen molar-refractivity contribution in [3.8, 4) is 0 Å². The third-order valence-corrected chi connectivity index (χ3v) is 4.56. The second kappa shape index (κ2) is 8.66. The largest absolute Gasteiger partial charge is 0.368 e. The number of carbonyl (C=O) groups excluding carboxylic acids is 2. The van der Waals surface area contributed by atoms with Crippen molar-refractivity contribution in [2.75, 3.05) is 36.4 Å². The normalized spacial score (nSPS) is 15.2. The highest BCUT2D eigenvalue weighted by atomic mass is 16.2. The summed E-state index contributed by atoms with van der Waals surface area (Å²) >= 11 is 0. The van der Waals surface area contributed by atoms with Crippen LogP contribution in [-0.4, -0.2) is 48.0 Å². The van der Waals surface area contributed by atoms with Crippen molar-refractivity contribution in [2.45, 2.75) is 20.4 Å². The highest BCUT2D eigenvalue weighted by Crippen LogP contribution is 2.28. The van der Waals surface area contributed by atoms with E-state index in [0.717, 1.165) is 31.9 Å². The Kier molecular flexibility index (Phi) is 6.05. The molecule has 2 aliphatic heterocycles. The molecule has 0 spiro atoms. The highest BCUT2D eigenvalue weighted by molar-refractivity contribution is 6.07. The summed E-state index contributed by atoms with van der Waals surface area (Å²) in [6, 6.07) is 3.85. The molecule has 0 saturated carbocycles. The molecule has 9 heteroatoms. The number of hydrogen-bond donors (Lipinski definition) is 4. The van der Waals surface area contributed by atoms with E-state index in [0.29, 0.717) is 22.6 Å². The molecule has 0 aliphatic carbocycles. The third kappa shape index (κ3) is 3.89. The van der Waals surface area contributed by atoms with Gasteiger partial charge in [-0.05, 0) is 12.1 Å². The van der Waals surface area contributed by atoms with Crippen LogP contribution in [0.15, 0.2) is 24.5 Å². The summed E-state index contributed by atoms with van der Waals surface area (Å²) in [5, 5.41) is 9.13. The lowest BCUT2D eigenvalue weighted by molar-refractivity contribution is 0.0964. The van der Waals surface area contributed by atoms with Crippen molar-refractivity contribution < 1.29 is 9.59 Å². The number of carbonyl (C=O) groups is 2. The zero-order chi connectivity index (χ0) is 20.1. The van der Waals surface area contributed by atoms with Crippen molar-refractivity contribution in [1.29, 1.82) is 0 Å². The molecule has 0 aromatic carbocycles. The summed E-state index contributed by atoms with van der Waals surface area (Å²) in [7, 11) is 0. The van der Waals surface area contributed by atoms with E-state index >= 15 is 0 Å². The average Bonchev–Trinajstić information content (AvgIpc) is 3.13. The molecule has 0 atom stereocenters. The first-order valence-electron chi connectivity index (χ1n) is 9.42. The maximum atomic E-state index is 12.1. The van der Waals surface area contributed by atoms with Crippen LogP contribution in [0, 0.1) is 0 Å². The molecule has 2 amide bonds. The molecule has 148 valence electrons. The van der Waals surface area contributed by atoms with Crippen LogP contribution in [0.5, 0.6) is 0 Å². The van der Waals surface area contributed by atoms with Crippen LogP contribution >= 0.6 is 0 Å². The van der Waals surface area contributed by atoms with Crippen LogP contribution in [0.25, 0.3) is 0 Å². The molecule has 0 unspecified atom stereocenters. The van der Waals surface area contributed by atoms with Gasteiger partial charge in [0.2, 0.25) is 0 Å². The van der Waals surface area contributed by atoms with Crippen molar-refractivity contribution in [3.05, 3.63) is 41.3 Å². The van der Waals surface area contributed by atoms with Gasteiger partial charge in [-0.25, -0.2) is 9.97 Å². The standard InChI is InChI=1S/C17H19N7O2.C2H6/c18-16(25)15-11-8-22-17(26)14(11)12(9-21-15)23-13-2-1-10(7-20-13)24-5-3-19-4-6-24;1-2/h1-2,7,9,19H,3-6,8H2,(H2,18,25)(H,20,23)(H,22,26);1-2H3. The van der Waals surface area contributed by atoms with Crippen molar-refractivity contribution in [3.63, 3.8) is 0 Å². The van der Waals surface area contributed by atoms with Gasteiger partial charge in [-0.15, -0.1) is 0 Å².